The molecule has 102 valence electrons. The van der Waals surface area contributed by atoms with E-state index < -0.39 is 6.10 Å². The number of anilines is 1. The smallest absolute Gasteiger partial charge is 0.0945 e. The molecule has 0 aromatic heterocycles. The van der Waals surface area contributed by atoms with E-state index in [9.17, 15) is 5.11 Å². The maximum atomic E-state index is 9.82. The van der Waals surface area contributed by atoms with Gasteiger partial charge in [0.1, 0.15) is 0 Å². The van der Waals surface area contributed by atoms with Gasteiger partial charge in [0.05, 0.1) is 18.3 Å². The van der Waals surface area contributed by atoms with Gasteiger partial charge in [-0.2, -0.15) is 0 Å². The van der Waals surface area contributed by atoms with Crippen LogP contribution in [-0.4, -0.2) is 30.0 Å². The normalized spacial score (nSPS) is 13.4. The second-order valence-electron chi connectivity index (χ2n) is 5.42. The van der Waals surface area contributed by atoms with Gasteiger partial charge in [0.15, 0.2) is 0 Å². The molecular formula is C14H22BrNO2. The summed E-state index contributed by atoms with van der Waals surface area (Å²) in [5.41, 5.74) is 1.97. The molecule has 0 heterocycles. The number of nitrogens with one attached hydrogen (secondary N) is 1. The first-order valence-electron chi connectivity index (χ1n) is 6.10. The van der Waals surface area contributed by atoms with Gasteiger partial charge in [-0.3, -0.25) is 0 Å². The fourth-order valence-electron chi connectivity index (χ4n) is 1.46. The molecule has 0 fully saturated rings. The van der Waals surface area contributed by atoms with Crippen molar-refractivity contribution in [3.05, 3.63) is 28.2 Å². The van der Waals surface area contributed by atoms with Gasteiger partial charge in [-0.1, -0.05) is 15.9 Å². The Morgan fingerprint density at radius 2 is 2.06 bits per heavy atom. The molecule has 0 bridgehead atoms. The van der Waals surface area contributed by atoms with Crippen molar-refractivity contribution in [1.82, 2.24) is 0 Å². The lowest BCUT2D eigenvalue weighted by Gasteiger charge is -2.22. The molecule has 1 unspecified atom stereocenters. The number of benzene rings is 1. The van der Waals surface area contributed by atoms with Crippen molar-refractivity contribution in [3.8, 4) is 0 Å². The van der Waals surface area contributed by atoms with Crippen LogP contribution in [0.3, 0.4) is 0 Å². The first kappa shape index (κ1) is 15.5. The van der Waals surface area contributed by atoms with Gasteiger partial charge in [-0.25, -0.2) is 0 Å². The predicted octanol–water partition coefficient (Wildman–Crippen LogP) is 3.35. The van der Waals surface area contributed by atoms with E-state index in [0.717, 1.165) is 15.7 Å². The quantitative estimate of drug-likeness (QED) is 0.875. The van der Waals surface area contributed by atoms with E-state index in [1.807, 2.05) is 45.9 Å². The number of hydrogen-bond acceptors (Lipinski definition) is 3. The third-order valence-electron chi connectivity index (χ3n) is 2.43. The van der Waals surface area contributed by atoms with Gasteiger partial charge >= 0.3 is 0 Å². The van der Waals surface area contributed by atoms with E-state index in [0.29, 0.717) is 13.2 Å². The number of aryl methyl sites for hydroxylation is 1. The van der Waals surface area contributed by atoms with E-state index >= 15 is 0 Å². The first-order valence-corrected chi connectivity index (χ1v) is 6.89. The number of ether oxygens (including phenoxy) is 1. The van der Waals surface area contributed by atoms with Gasteiger partial charge in [0.2, 0.25) is 0 Å². The van der Waals surface area contributed by atoms with E-state index in [1.54, 1.807) is 0 Å². The molecule has 1 atom stereocenters. The summed E-state index contributed by atoms with van der Waals surface area (Å²) >= 11 is 3.43. The second kappa shape index (κ2) is 6.55. The predicted molar refractivity (Wildman–Crippen MR) is 79.1 cm³/mol. The Kier molecular flexibility index (Phi) is 5.63. The highest BCUT2D eigenvalue weighted by atomic mass is 79.9. The molecule has 4 heteroatoms. The summed E-state index contributed by atoms with van der Waals surface area (Å²) in [7, 11) is 0. The molecule has 1 rings (SSSR count). The van der Waals surface area contributed by atoms with Gasteiger partial charge in [-0.15, -0.1) is 0 Å². The van der Waals surface area contributed by atoms with Crippen LogP contribution >= 0.6 is 15.9 Å². The zero-order chi connectivity index (χ0) is 13.8. The summed E-state index contributed by atoms with van der Waals surface area (Å²) in [6.07, 6.45) is -0.507. The van der Waals surface area contributed by atoms with Gasteiger partial charge < -0.3 is 15.2 Å². The molecule has 2 N–H and O–H groups in total. The van der Waals surface area contributed by atoms with Gasteiger partial charge in [-0.05, 0) is 51.5 Å². The number of aliphatic hydroxyl groups is 1. The Bertz CT molecular complexity index is 388. The third-order valence-corrected chi connectivity index (χ3v) is 2.92. The van der Waals surface area contributed by atoms with Gasteiger partial charge in [0.25, 0.3) is 0 Å². The van der Waals surface area contributed by atoms with Crippen LogP contribution in [0.25, 0.3) is 0 Å². The average molecular weight is 316 g/mol. The minimum absolute atomic E-state index is 0.214. The van der Waals surface area contributed by atoms with Gasteiger partial charge in [0, 0.05) is 16.7 Å². The minimum Gasteiger partial charge on any atom is -0.389 e. The standard InChI is InChI=1S/C14H22BrNO2/c1-10-7-11(15)5-6-13(10)16-8-12(17)9-18-14(2,3)4/h5-7,12,16-17H,8-9H2,1-4H3. The molecule has 0 aliphatic carbocycles. The van der Waals surface area contributed by atoms with Crippen molar-refractivity contribution in [1.29, 1.82) is 0 Å². The van der Waals surface area contributed by atoms with Crippen LogP contribution in [0, 0.1) is 6.92 Å². The van der Waals surface area contributed by atoms with Crippen molar-refractivity contribution < 1.29 is 9.84 Å². The zero-order valence-corrected chi connectivity index (χ0v) is 13.0. The Hall–Kier alpha value is -0.580. The van der Waals surface area contributed by atoms with Crippen molar-refractivity contribution in [2.24, 2.45) is 0 Å². The Balaban J connectivity index is 2.40. The van der Waals surface area contributed by atoms with Crippen LogP contribution in [0.5, 0.6) is 0 Å². The zero-order valence-electron chi connectivity index (χ0n) is 11.5. The number of hydrogen-bond donors (Lipinski definition) is 2. The van der Waals surface area contributed by atoms with Crippen molar-refractivity contribution in [2.75, 3.05) is 18.5 Å². The fraction of sp³-hybridized carbons (Fsp3) is 0.571. The van der Waals surface area contributed by atoms with Crippen LogP contribution in [0.1, 0.15) is 26.3 Å². The maximum absolute atomic E-state index is 9.82. The molecule has 1 aromatic rings. The molecule has 0 saturated heterocycles. The summed E-state index contributed by atoms with van der Waals surface area (Å²) < 4.78 is 6.59. The molecule has 0 aliphatic rings. The molecule has 0 aliphatic heterocycles. The summed E-state index contributed by atoms with van der Waals surface area (Å²) in [6, 6.07) is 6.02. The highest BCUT2D eigenvalue weighted by Crippen LogP contribution is 2.20. The highest BCUT2D eigenvalue weighted by molar-refractivity contribution is 9.10. The molecule has 0 radical (unpaired) electrons. The second-order valence-corrected chi connectivity index (χ2v) is 6.33. The monoisotopic (exact) mass is 315 g/mol. The average Bonchev–Trinajstić information content (AvgIpc) is 2.24. The van der Waals surface area contributed by atoms with E-state index in [1.165, 1.54) is 0 Å². The largest absolute Gasteiger partial charge is 0.389 e. The number of aliphatic hydroxyl groups excluding tert-OH is 1. The summed E-state index contributed by atoms with van der Waals surface area (Å²) in [4.78, 5) is 0. The molecule has 18 heavy (non-hydrogen) atoms. The van der Waals surface area contributed by atoms with Crippen LogP contribution < -0.4 is 5.32 Å². The van der Waals surface area contributed by atoms with Crippen LogP contribution in [0.15, 0.2) is 22.7 Å². The Labute approximate surface area is 118 Å². The SMILES string of the molecule is Cc1cc(Br)ccc1NCC(O)COC(C)(C)C. The van der Waals surface area contributed by atoms with E-state index in [4.69, 9.17) is 4.74 Å². The summed E-state index contributed by atoms with van der Waals surface area (Å²) in [5, 5.41) is 13.0. The number of halogens is 1. The molecule has 1 aromatic carbocycles. The summed E-state index contributed by atoms with van der Waals surface area (Å²) in [6.45, 7) is 8.79. The molecule has 3 nitrogen and oxygen atoms in total. The molecular weight excluding hydrogens is 294 g/mol. The lowest BCUT2D eigenvalue weighted by Crippen LogP contribution is -2.30. The molecule has 0 amide bonds. The highest BCUT2D eigenvalue weighted by Gasteiger charge is 2.13. The lowest BCUT2D eigenvalue weighted by molar-refractivity contribution is -0.0449. The van der Waals surface area contributed by atoms with Crippen molar-refractivity contribution in [3.63, 3.8) is 0 Å². The maximum Gasteiger partial charge on any atom is 0.0945 e. The van der Waals surface area contributed by atoms with Crippen LogP contribution in [0.4, 0.5) is 5.69 Å². The first-order chi connectivity index (χ1) is 8.28. The topological polar surface area (TPSA) is 41.5 Å². The van der Waals surface area contributed by atoms with Crippen molar-refractivity contribution in [2.45, 2.75) is 39.4 Å². The Morgan fingerprint density at radius 3 is 2.61 bits per heavy atom. The third kappa shape index (κ3) is 5.85. The summed E-state index contributed by atoms with van der Waals surface area (Å²) in [5.74, 6) is 0. The van der Waals surface area contributed by atoms with Crippen molar-refractivity contribution >= 4 is 21.6 Å². The fourth-order valence-corrected chi connectivity index (χ4v) is 1.93. The number of rotatable bonds is 5. The Morgan fingerprint density at radius 1 is 1.39 bits per heavy atom. The van der Waals surface area contributed by atoms with Crippen LogP contribution in [0.2, 0.25) is 0 Å². The van der Waals surface area contributed by atoms with E-state index in [2.05, 4.69) is 21.2 Å². The molecule has 0 spiro atoms. The van der Waals surface area contributed by atoms with Crippen LogP contribution in [-0.2, 0) is 4.74 Å². The lowest BCUT2D eigenvalue weighted by atomic mass is 10.2. The minimum atomic E-state index is -0.507. The molecule has 0 saturated carbocycles. The van der Waals surface area contributed by atoms with E-state index in [-0.39, 0.29) is 5.60 Å².